The van der Waals surface area contributed by atoms with Crippen molar-refractivity contribution in [2.24, 2.45) is 16.6 Å². The lowest BCUT2D eigenvalue weighted by Crippen LogP contribution is -2.10. The third kappa shape index (κ3) is 2.50. The van der Waals surface area contributed by atoms with E-state index in [2.05, 4.69) is 15.4 Å². The summed E-state index contributed by atoms with van der Waals surface area (Å²) >= 11 is 0. The molecule has 1 heterocycles. The molecule has 0 saturated carbocycles. The summed E-state index contributed by atoms with van der Waals surface area (Å²) < 4.78 is 13.3. The fourth-order valence-corrected chi connectivity index (χ4v) is 1.05. The molecular formula is C9H12FN5. The van der Waals surface area contributed by atoms with Gasteiger partial charge in [0.25, 0.3) is 0 Å². The van der Waals surface area contributed by atoms with Gasteiger partial charge in [0.1, 0.15) is 0 Å². The van der Waals surface area contributed by atoms with Crippen LogP contribution in [0.1, 0.15) is 5.56 Å². The lowest BCUT2D eigenvalue weighted by atomic mass is 10.1. The van der Waals surface area contributed by atoms with Crippen LogP contribution in [-0.2, 0) is 0 Å². The number of pyridine rings is 1. The number of nitrogens with zero attached hydrogens (tertiary/aromatic N) is 2. The molecule has 0 radical (unpaired) electrons. The van der Waals surface area contributed by atoms with Crippen LogP contribution in [0.4, 0.5) is 10.2 Å². The Morgan fingerprint density at radius 3 is 2.87 bits per heavy atom. The Bertz CT molecular complexity index is 399. The SMILES string of the molecule is CN=CC(=CN)c1cnc(NN)c(F)c1. The highest BCUT2D eigenvalue weighted by Crippen LogP contribution is 2.16. The van der Waals surface area contributed by atoms with Crippen molar-refractivity contribution < 1.29 is 4.39 Å². The number of nitrogens with one attached hydrogen (secondary N) is 1. The smallest absolute Gasteiger partial charge is 0.176 e. The van der Waals surface area contributed by atoms with Crippen LogP contribution in [-0.4, -0.2) is 18.2 Å². The molecule has 0 bridgehead atoms. The molecule has 0 unspecified atom stereocenters. The Balaban J connectivity index is 3.11. The maximum atomic E-state index is 13.3. The topological polar surface area (TPSA) is 89.3 Å². The molecule has 1 aromatic rings. The number of nitrogen functional groups attached to an aromatic ring is 1. The highest BCUT2D eigenvalue weighted by molar-refractivity contribution is 6.09. The molecule has 1 rings (SSSR count). The Labute approximate surface area is 86.7 Å². The van der Waals surface area contributed by atoms with Crippen LogP contribution >= 0.6 is 0 Å². The van der Waals surface area contributed by atoms with Gasteiger partial charge in [-0.3, -0.25) is 4.99 Å². The van der Waals surface area contributed by atoms with E-state index in [1.807, 2.05) is 0 Å². The molecule has 5 N–H and O–H groups in total. The van der Waals surface area contributed by atoms with Gasteiger partial charge in [-0.05, 0) is 6.07 Å². The molecular weight excluding hydrogens is 197 g/mol. The van der Waals surface area contributed by atoms with Gasteiger partial charge in [-0.25, -0.2) is 15.2 Å². The van der Waals surface area contributed by atoms with Crippen molar-refractivity contribution in [1.82, 2.24) is 4.98 Å². The number of allylic oxidation sites excluding steroid dienone is 1. The average molecular weight is 209 g/mol. The van der Waals surface area contributed by atoms with Crippen molar-refractivity contribution >= 4 is 17.6 Å². The van der Waals surface area contributed by atoms with E-state index in [9.17, 15) is 4.39 Å². The number of rotatable bonds is 3. The minimum absolute atomic E-state index is 0.0106. The number of hydrogen-bond donors (Lipinski definition) is 3. The first-order valence-corrected chi connectivity index (χ1v) is 4.19. The van der Waals surface area contributed by atoms with Crippen molar-refractivity contribution in [3.63, 3.8) is 0 Å². The molecule has 80 valence electrons. The van der Waals surface area contributed by atoms with Crippen LogP contribution in [0.5, 0.6) is 0 Å². The maximum Gasteiger partial charge on any atom is 0.176 e. The number of anilines is 1. The molecule has 0 aliphatic carbocycles. The second kappa shape index (κ2) is 5.06. The molecule has 0 spiro atoms. The zero-order valence-corrected chi connectivity index (χ0v) is 8.24. The first-order chi connectivity index (χ1) is 7.22. The first kappa shape index (κ1) is 11.1. The van der Waals surface area contributed by atoms with Gasteiger partial charge in [-0.1, -0.05) is 0 Å². The van der Waals surface area contributed by atoms with Gasteiger partial charge >= 0.3 is 0 Å². The van der Waals surface area contributed by atoms with Gasteiger partial charge < -0.3 is 11.2 Å². The maximum absolute atomic E-state index is 13.3. The van der Waals surface area contributed by atoms with Gasteiger partial charge in [0.2, 0.25) is 0 Å². The predicted molar refractivity (Wildman–Crippen MR) is 58.6 cm³/mol. The van der Waals surface area contributed by atoms with E-state index in [-0.39, 0.29) is 5.82 Å². The highest BCUT2D eigenvalue weighted by Gasteiger charge is 2.05. The summed E-state index contributed by atoms with van der Waals surface area (Å²) in [5.41, 5.74) is 8.64. The Morgan fingerprint density at radius 1 is 1.67 bits per heavy atom. The molecule has 5 nitrogen and oxygen atoms in total. The summed E-state index contributed by atoms with van der Waals surface area (Å²) in [6.45, 7) is 0. The fraction of sp³-hybridized carbons (Fsp3) is 0.111. The third-order valence-corrected chi connectivity index (χ3v) is 1.76. The number of aliphatic imine (C=N–C) groups is 1. The zero-order chi connectivity index (χ0) is 11.3. The second-order valence-electron chi connectivity index (χ2n) is 2.71. The quantitative estimate of drug-likeness (QED) is 0.384. The number of aromatic nitrogens is 1. The van der Waals surface area contributed by atoms with Crippen molar-refractivity contribution in [1.29, 1.82) is 0 Å². The molecule has 0 fully saturated rings. The Hall–Kier alpha value is -1.95. The van der Waals surface area contributed by atoms with Crippen molar-refractivity contribution in [2.75, 3.05) is 12.5 Å². The van der Waals surface area contributed by atoms with Gasteiger partial charge in [0, 0.05) is 36.8 Å². The van der Waals surface area contributed by atoms with E-state index in [0.717, 1.165) is 0 Å². The summed E-state index contributed by atoms with van der Waals surface area (Å²) in [6.07, 6.45) is 4.31. The minimum Gasteiger partial charge on any atom is -0.404 e. The molecule has 6 heteroatoms. The molecule has 1 aromatic heterocycles. The van der Waals surface area contributed by atoms with Crippen molar-refractivity contribution in [3.05, 3.63) is 29.8 Å². The van der Waals surface area contributed by atoms with E-state index in [0.29, 0.717) is 11.1 Å². The van der Waals surface area contributed by atoms with Gasteiger partial charge in [-0.15, -0.1) is 0 Å². The molecule has 0 aromatic carbocycles. The summed E-state index contributed by atoms with van der Waals surface area (Å²) in [5.74, 6) is 4.50. The predicted octanol–water partition coefficient (Wildman–Crippen LogP) is 0.506. The lowest BCUT2D eigenvalue weighted by Gasteiger charge is -2.04. The molecule has 15 heavy (non-hydrogen) atoms. The average Bonchev–Trinajstić information content (AvgIpc) is 2.25. The third-order valence-electron chi connectivity index (χ3n) is 1.76. The summed E-state index contributed by atoms with van der Waals surface area (Å²) in [7, 11) is 1.60. The van der Waals surface area contributed by atoms with Crippen LogP contribution in [0.15, 0.2) is 23.5 Å². The standard InChI is InChI=1S/C9H12FN5/c1-13-4-7(3-11)6-2-8(10)9(15-12)14-5-6/h2-5H,11-12H2,1H3,(H,14,15). The second-order valence-corrected chi connectivity index (χ2v) is 2.71. The zero-order valence-electron chi connectivity index (χ0n) is 8.24. The van der Waals surface area contributed by atoms with Crippen molar-refractivity contribution in [2.45, 2.75) is 0 Å². The van der Waals surface area contributed by atoms with Gasteiger partial charge in [0.05, 0.1) is 0 Å². The minimum atomic E-state index is -0.543. The largest absolute Gasteiger partial charge is 0.404 e. The number of halogens is 1. The number of nitrogens with two attached hydrogens (primary N) is 2. The van der Waals surface area contributed by atoms with Crippen LogP contribution in [0.2, 0.25) is 0 Å². The van der Waals surface area contributed by atoms with Crippen LogP contribution in [0, 0.1) is 5.82 Å². The van der Waals surface area contributed by atoms with E-state index >= 15 is 0 Å². The normalized spacial score (nSPS) is 12.1. The van der Waals surface area contributed by atoms with E-state index in [1.54, 1.807) is 7.05 Å². The Morgan fingerprint density at radius 2 is 2.40 bits per heavy atom. The number of hydrogen-bond acceptors (Lipinski definition) is 5. The van der Waals surface area contributed by atoms with Crippen molar-refractivity contribution in [3.8, 4) is 0 Å². The van der Waals surface area contributed by atoms with E-state index < -0.39 is 5.82 Å². The summed E-state index contributed by atoms with van der Waals surface area (Å²) in [4.78, 5) is 7.57. The van der Waals surface area contributed by atoms with Crippen LogP contribution in [0.3, 0.4) is 0 Å². The number of hydrazine groups is 1. The molecule has 0 saturated heterocycles. The van der Waals surface area contributed by atoms with E-state index in [4.69, 9.17) is 11.6 Å². The van der Waals surface area contributed by atoms with Crippen LogP contribution < -0.4 is 17.0 Å². The van der Waals surface area contributed by atoms with Gasteiger partial charge in [-0.2, -0.15) is 0 Å². The summed E-state index contributed by atoms with van der Waals surface area (Å²) in [5, 5.41) is 0. The molecule has 0 atom stereocenters. The summed E-state index contributed by atoms with van der Waals surface area (Å²) in [6, 6.07) is 1.28. The monoisotopic (exact) mass is 209 g/mol. The highest BCUT2D eigenvalue weighted by atomic mass is 19.1. The lowest BCUT2D eigenvalue weighted by molar-refractivity contribution is 0.624. The van der Waals surface area contributed by atoms with Crippen LogP contribution in [0.25, 0.3) is 5.57 Å². The van der Waals surface area contributed by atoms with Gasteiger partial charge in [0.15, 0.2) is 11.6 Å². The van der Waals surface area contributed by atoms with E-state index in [1.165, 1.54) is 24.7 Å². The molecule has 0 amide bonds. The fourth-order valence-electron chi connectivity index (χ4n) is 1.05. The Kier molecular flexibility index (Phi) is 3.75. The molecule has 0 aliphatic heterocycles. The first-order valence-electron chi connectivity index (χ1n) is 4.19. The molecule has 0 aliphatic rings.